The second-order valence-electron chi connectivity index (χ2n) is 7.50. The first-order chi connectivity index (χ1) is 14.1. The second kappa shape index (κ2) is 8.17. The molecule has 0 saturated carbocycles. The summed E-state index contributed by atoms with van der Waals surface area (Å²) in [6.07, 6.45) is 0. The Morgan fingerprint density at radius 2 is 1.55 bits per heavy atom. The van der Waals surface area contributed by atoms with Gasteiger partial charge in [0.15, 0.2) is 0 Å². The van der Waals surface area contributed by atoms with Crippen molar-refractivity contribution in [2.75, 3.05) is 38.2 Å². The molecule has 0 spiro atoms. The van der Waals surface area contributed by atoms with Crippen LogP contribution < -0.4 is 15.2 Å². The van der Waals surface area contributed by atoms with Crippen molar-refractivity contribution >= 4 is 5.69 Å². The number of hydrogen-bond acceptors (Lipinski definition) is 4. The summed E-state index contributed by atoms with van der Waals surface area (Å²) in [6.45, 7) is 6.49. The number of hydrogen-bond donors (Lipinski definition) is 0. The Hall–Kier alpha value is -2.99. The summed E-state index contributed by atoms with van der Waals surface area (Å²) in [5.74, 6) is 0.877. The van der Waals surface area contributed by atoms with Gasteiger partial charge in [0.1, 0.15) is 5.75 Å². The van der Waals surface area contributed by atoms with Crippen LogP contribution in [0, 0.1) is 6.92 Å². The van der Waals surface area contributed by atoms with E-state index in [2.05, 4.69) is 21.9 Å². The molecule has 1 aliphatic rings. The van der Waals surface area contributed by atoms with E-state index >= 15 is 0 Å². The zero-order chi connectivity index (χ0) is 20.4. The maximum absolute atomic E-state index is 13.1. The lowest BCUT2D eigenvalue weighted by Crippen LogP contribution is -2.46. The van der Waals surface area contributed by atoms with Crippen molar-refractivity contribution in [3.05, 3.63) is 76.2 Å². The Labute approximate surface area is 171 Å². The molecule has 0 amide bonds. The Morgan fingerprint density at radius 3 is 2.17 bits per heavy atom. The summed E-state index contributed by atoms with van der Waals surface area (Å²) < 4.78 is 8.97. The third kappa shape index (κ3) is 3.80. The molecule has 29 heavy (non-hydrogen) atoms. The van der Waals surface area contributed by atoms with Crippen molar-refractivity contribution in [3.8, 4) is 11.4 Å². The van der Waals surface area contributed by atoms with Crippen LogP contribution in [0.5, 0.6) is 5.75 Å². The number of methoxy groups -OCH3 is 1. The lowest BCUT2D eigenvalue weighted by atomic mass is 10.2. The molecule has 1 aliphatic heterocycles. The molecule has 0 atom stereocenters. The zero-order valence-electron chi connectivity index (χ0n) is 17.3. The van der Waals surface area contributed by atoms with Crippen LogP contribution in [-0.2, 0) is 13.6 Å². The van der Waals surface area contributed by atoms with Gasteiger partial charge in [0.2, 0.25) is 0 Å². The largest absolute Gasteiger partial charge is 0.497 e. The fourth-order valence-corrected chi connectivity index (χ4v) is 3.99. The summed E-state index contributed by atoms with van der Waals surface area (Å²) in [4.78, 5) is 17.9. The number of rotatable bonds is 5. The van der Waals surface area contributed by atoms with Crippen LogP contribution in [0.3, 0.4) is 0 Å². The van der Waals surface area contributed by atoms with Crippen LogP contribution >= 0.6 is 0 Å². The molecule has 1 fully saturated rings. The molecule has 0 unspecified atom stereocenters. The van der Waals surface area contributed by atoms with Gasteiger partial charge in [-0.3, -0.25) is 14.4 Å². The minimum atomic E-state index is 0.0776. The number of aromatic nitrogens is 2. The number of para-hydroxylation sites is 1. The van der Waals surface area contributed by atoms with E-state index in [1.807, 2.05) is 61.1 Å². The number of benzene rings is 2. The van der Waals surface area contributed by atoms with Crippen LogP contribution in [0.2, 0.25) is 0 Å². The molecule has 6 heteroatoms. The van der Waals surface area contributed by atoms with Gasteiger partial charge in [0, 0.05) is 51.2 Å². The predicted molar refractivity (Wildman–Crippen MR) is 116 cm³/mol. The molecule has 0 radical (unpaired) electrons. The first-order valence-electron chi connectivity index (χ1n) is 10.0. The van der Waals surface area contributed by atoms with Gasteiger partial charge in [-0.1, -0.05) is 18.2 Å². The maximum atomic E-state index is 13.1. The highest BCUT2D eigenvalue weighted by Gasteiger charge is 2.22. The van der Waals surface area contributed by atoms with E-state index in [1.165, 1.54) is 5.69 Å². The van der Waals surface area contributed by atoms with E-state index < -0.39 is 0 Å². The van der Waals surface area contributed by atoms with Crippen LogP contribution in [0.15, 0.2) is 59.4 Å². The fourth-order valence-electron chi connectivity index (χ4n) is 3.99. The van der Waals surface area contributed by atoms with Crippen molar-refractivity contribution < 1.29 is 4.74 Å². The summed E-state index contributed by atoms with van der Waals surface area (Å²) in [7, 11) is 3.64. The van der Waals surface area contributed by atoms with Crippen molar-refractivity contribution in [3.63, 3.8) is 0 Å². The number of nitrogens with zero attached hydrogens (tertiary/aromatic N) is 4. The number of piperazine rings is 1. The molecular weight excluding hydrogens is 364 g/mol. The van der Waals surface area contributed by atoms with Gasteiger partial charge >= 0.3 is 0 Å². The molecule has 2 aromatic carbocycles. The monoisotopic (exact) mass is 392 g/mol. The van der Waals surface area contributed by atoms with Gasteiger partial charge in [-0.25, -0.2) is 4.68 Å². The fraction of sp³-hybridized carbons (Fsp3) is 0.348. The zero-order valence-corrected chi connectivity index (χ0v) is 17.3. The minimum Gasteiger partial charge on any atom is -0.497 e. The summed E-state index contributed by atoms with van der Waals surface area (Å²) >= 11 is 0. The van der Waals surface area contributed by atoms with Gasteiger partial charge in [-0.05, 0) is 43.3 Å². The van der Waals surface area contributed by atoms with Crippen molar-refractivity contribution in [2.24, 2.45) is 7.05 Å². The van der Waals surface area contributed by atoms with E-state index in [0.717, 1.165) is 48.9 Å². The topological polar surface area (TPSA) is 42.6 Å². The van der Waals surface area contributed by atoms with E-state index in [1.54, 1.807) is 11.8 Å². The second-order valence-corrected chi connectivity index (χ2v) is 7.50. The van der Waals surface area contributed by atoms with E-state index in [-0.39, 0.29) is 5.56 Å². The Balaban J connectivity index is 1.46. The van der Waals surface area contributed by atoms with Crippen LogP contribution in [0.1, 0.15) is 11.3 Å². The molecule has 3 aromatic rings. The SMILES string of the molecule is COc1ccc(N2CCN(Cc3c(C)n(C)n(-c4ccccc4)c3=O)CC2)cc1. The lowest BCUT2D eigenvalue weighted by molar-refractivity contribution is 0.248. The minimum absolute atomic E-state index is 0.0776. The molecule has 4 rings (SSSR count). The normalized spacial score (nSPS) is 14.9. The van der Waals surface area contributed by atoms with Gasteiger partial charge in [-0.15, -0.1) is 0 Å². The van der Waals surface area contributed by atoms with E-state index in [4.69, 9.17) is 4.74 Å². The Kier molecular flexibility index (Phi) is 5.45. The molecule has 0 N–H and O–H groups in total. The third-order valence-electron chi connectivity index (χ3n) is 5.87. The lowest BCUT2D eigenvalue weighted by Gasteiger charge is -2.36. The predicted octanol–water partition coefficient (Wildman–Crippen LogP) is 2.82. The summed E-state index contributed by atoms with van der Waals surface area (Å²) in [5.41, 5.74) is 4.10. The van der Waals surface area contributed by atoms with E-state index in [0.29, 0.717) is 6.54 Å². The highest BCUT2D eigenvalue weighted by molar-refractivity contribution is 5.49. The van der Waals surface area contributed by atoms with Gasteiger partial charge in [0.05, 0.1) is 18.4 Å². The van der Waals surface area contributed by atoms with E-state index in [9.17, 15) is 4.79 Å². The van der Waals surface area contributed by atoms with Crippen molar-refractivity contribution in [1.82, 2.24) is 14.3 Å². The first-order valence-corrected chi connectivity index (χ1v) is 10.0. The molecular formula is C23H28N4O2. The van der Waals surface area contributed by atoms with Gasteiger partial charge in [-0.2, -0.15) is 0 Å². The average molecular weight is 393 g/mol. The van der Waals surface area contributed by atoms with Crippen LogP contribution in [0.25, 0.3) is 5.69 Å². The molecule has 0 bridgehead atoms. The Morgan fingerprint density at radius 1 is 0.897 bits per heavy atom. The summed E-state index contributed by atoms with van der Waals surface area (Å²) in [6, 6.07) is 18.0. The molecule has 2 heterocycles. The van der Waals surface area contributed by atoms with Crippen LogP contribution in [-0.4, -0.2) is 47.6 Å². The highest BCUT2D eigenvalue weighted by Crippen LogP contribution is 2.21. The first kappa shape index (κ1) is 19.3. The molecule has 0 aliphatic carbocycles. The van der Waals surface area contributed by atoms with Crippen molar-refractivity contribution in [1.29, 1.82) is 0 Å². The standard InChI is InChI=1S/C23H28N4O2/c1-18-22(23(28)27(24(18)2)20-7-5-4-6-8-20)17-25-13-15-26(16-14-25)19-9-11-21(29-3)12-10-19/h4-12H,13-17H2,1-3H3. The number of anilines is 1. The Bertz CT molecular complexity index is 1010. The smallest absolute Gasteiger partial charge is 0.276 e. The van der Waals surface area contributed by atoms with Crippen molar-refractivity contribution in [2.45, 2.75) is 13.5 Å². The molecule has 1 aromatic heterocycles. The molecule has 1 saturated heterocycles. The molecule has 6 nitrogen and oxygen atoms in total. The quantitative estimate of drug-likeness (QED) is 0.670. The number of ether oxygens (including phenoxy) is 1. The van der Waals surface area contributed by atoms with Gasteiger partial charge in [0.25, 0.3) is 5.56 Å². The highest BCUT2D eigenvalue weighted by atomic mass is 16.5. The molecule has 152 valence electrons. The van der Waals surface area contributed by atoms with Gasteiger partial charge < -0.3 is 9.64 Å². The third-order valence-corrected chi connectivity index (χ3v) is 5.87. The summed E-state index contributed by atoms with van der Waals surface area (Å²) in [5, 5.41) is 0. The maximum Gasteiger partial charge on any atom is 0.276 e. The average Bonchev–Trinajstić information content (AvgIpc) is 2.98. The van der Waals surface area contributed by atoms with Crippen LogP contribution in [0.4, 0.5) is 5.69 Å².